The van der Waals surface area contributed by atoms with Crippen LogP contribution in [0.2, 0.25) is 0 Å². The second kappa shape index (κ2) is 6.15. The molecule has 2 aromatic carbocycles. The Balaban J connectivity index is 1.96. The molecule has 0 aliphatic heterocycles. The molecule has 2 nitrogen and oxygen atoms in total. The summed E-state index contributed by atoms with van der Waals surface area (Å²) in [6, 6.07) is 17.6. The van der Waals surface area contributed by atoms with E-state index in [4.69, 9.17) is 5.73 Å². The Labute approximate surface area is 126 Å². The molecule has 0 radical (unpaired) electrons. The van der Waals surface area contributed by atoms with Crippen molar-refractivity contribution >= 4 is 10.9 Å². The minimum Gasteiger partial charge on any atom is -0.343 e. The summed E-state index contributed by atoms with van der Waals surface area (Å²) in [5.41, 5.74) is 11.1. The van der Waals surface area contributed by atoms with Crippen LogP contribution in [0.15, 0.2) is 54.7 Å². The molecule has 2 heteroatoms. The van der Waals surface area contributed by atoms with Gasteiger partial charge in [-0.25, -0.2) is 0 Å². The molecule has 2 N–H and O–H groups in total. The van der Waals surface area contributed by atoms with Gasteiger partial charge in [0, 0.05) is 12.7 Å². The molecule has 0 saturated heterocycles. The van der Waals surface area contributed by atoms with Crippen LogP contribution in [-0.2, 0) is 19.4 Å². The molecule has 0 unspecified atom stereocenters. The molecule has 0 saturated carbocycles. The number of nitrogens with zero attached hydrogens (tertiary/aromatic N) is 1. The van der Waals surface area contributed by atoms with Crippen LogP contribution in [-0.4, -0.2) is 11.1 Å². The van der Waals surface area contributed by atoms with Gasteiger partial charge < -0.3 is 10.3 Å². The highest BCUT2D eigenvalue weighted by molar-refractivity contribution is 5.83. The highest BCUT2D eigenvalue weighted by Gasteiger charge is 2.06. The summed E-state index contributed by atoms with van der Waals surface area (Å²) in [6.45, 7) is 3.79. The Morgan fingerprint density at radius 2 is 1.71 bits per heavy atom. The molecule has 3 aromatic rings. The SMILES string of the molecule is CCc1ccc(Cn2ccc3cccc(CCN)c32)cc1. The number of nitrogens with two attached hydrogens (primary N) is 1. The fraction of sp³-hybridized carbons (Fsp3) is 0.263. The molecule has 21 heavy (non-hydrogen) atoms. The summed E-state index contributed by atoms with van der Waals surface area (Å²) in [4.78, 5) is 0. The highest BCUT2D eigenvalue weighted by Crippen LogP contribution is 2.22. The number of benzene rings is 2. The zero-order valence-electron chi connectivity index (χ0n) is 12.5. The van der Waals surface area contributed by atoms with Gasteiger partial charge >= 0.3 is 0 Å². The number of fused-ring (bicyclic) bond motifs is 1. The second-order valence-corrected chi connectivity index (χ2v) is 5.51. The van der Waals surface area contributed by atoms with E-state index in [0.29, 0.717) is 6.54 Å². The molecular weight excluding hydrogens is 256 g/mol. The molecule has 0 aliphatic carbocycles. The van der Waals surface area contributed by atoms with E-state index in [1.807, 2.05) is 0 Å². The summed E-state index contributed by atoms with van der Waals surface area (Å²) in [7, 11) is 0. The maximum Gasteiger partial charge on any atom is 0.0516 e. The molecule has 3 rings (SSSR count). The van der Waals surface area contributed by atoms with Crippen LogP contribution >= 0.6 is 0 Å². The summed E-state index contributed by atoms with van der Waals surface area (Å²) in [5, 5.41) is 1.30. The normalized spacial score (nSPS) is 11.1. The predicted molar refractivity (Wildman–Crippen MR) is 89.6 cm³/mol. The van der Waals surface area contributed by atoms with Crippen molar-refractivity contribution in [2.24, 2.45) is 5.73 Å². The third-order valence-electron chi connectivity index (χ3n) is 4.07. The van der Waals surface area contributed by atoms with Gasteiger partial charge in [0.15, 0.2) is 0 Å². The Bertz CT molecular complexity index is 723. The summed E-state index contributed by atoms with van der Waals surface area (Å²) in [5.74, 6) is 0. The molecule has 0 amide bonds. The quantitative estimate of drug-likeness (QED) is 0.757. The van der Waals surface area contributed by atoms with E-state index in [2.05, 4.69) is 66.2 Å². The van der Waals surface area contributed by atoms with E-state index in [1.54, 1.807) is 0 Å². The van der Waals surface area contributed by atoms with Crippen LogP contribution in [0, 0.1) is 0 Å². The van der Waals surface area contributed by atoms with Gasteiger partial charge in [-0.3, -0.25) is 0 Å². The third kappa shape index (κ3) is 2.86. The molecule has 1 aromatic heterocycles. The zero-order chi connectivity index (χ0) is 14.7. The largest absolute Gasteiger partial charge is 0.343 e. The number of para-hydroxylation sites is 1. The Morgan fingerprint density at radius 1 is 0.952 bits per heavy atom. The average molecular weight is 278 g/mol. The van der Waals surface area contributed by atoms with E-state index in [0.717, 1.165) is 19.4 Å². The Hall–Kier alpha value is -2.06. The average Bonchev–Trinajstić information content (AvgIpc) is 2.93. The predicted octanol–water partition coefficient (Wildman–Crippen LogP) is 3.75. The summed E-state index contributed by atoms with van der Waals surface area (Å²) < 4.78 is 2.33. The van der Waals surface area contributed by atoms with Crippen LogP contribution in [0.25, 0.3) is 10.9 Å². The smallest absolute Gasteiger partial charge is 0.0516 e. The molecule has 1 heterocycles. The monoisotopic (exact) mass is 278 g/mol. The second-order valence-electron chi connectivity index (χ2n) is 5.51. The van der Waals surface area contributed by atoms with Crippen molar-refractivity contribution in [3.63, 3.8) is 0 Å². The van der Waals surface area contributed by atoms with E-state index < -0.39 is 0 Å². The van der Waals surface area contributed by atoms with Gasteiger partial charge in [0.1, 0.15) is 0 Å². The van der Waals surface area contributed by atoms with Crippen LogP contribution in [0.1, 0.15) is 23.6 Å². The first kappa shape index (κ1) is 13.9. The maximum atomic E-state index is 5.75. The van der Waals surface area contributed by atoms with Gasteiger partial charge in [-0.2, -0.15) is 0 Å². The number of rotatable bonds is 5. The Morgan fingerprint density at radius 3 is 2.43 bits per heavy atom. The summed E-state index contributed by atoms with van der Waals surface area (Å²) in [6.07, 6.45) is 4.20. The lowest BCUT2D eigenvalue weighted by Crippen LogP contribution is -2.06. The third-order valence-corrected chi connectivity index (χ3v) is 4.07. The van der Waals surface area contributed by atoms with Crippen molar-refractivity contribution in [2.45, 2.75) is 26.3 Å². The van der Waals surface area contributed by atoms with Gasteiger partial charge in [-0.1, -0.05) is 49.4 Å². The number of aryl methyl sites for hydroxylation is 1. The fourth-order valence-electron chi connectivity index (χ4n) is 2.91. The van der Waals surface area contributed by atoms with Gasteiger partial charge in [-0.15, -0.1) is 0 Å². The van der Waals surface area contributed by atoms with Crippen molar-refractivity contribution in [1.29, 1.82) is 0 Å². The molecule has 0 bridgehead atoms. The van der Waals surface area contributed by atoms with Gasteiger partial charge in [-0.05, 0) is 47.5 Å². The lowest BCUT2D eigenvalue weighted by Gasteiger charge is -2.10. The molecular formula is C19H22N2. The van der Waals surface area contributed by atoms with E-state index in [9.17, 15) is 0 Å². The van der Waals surface area contributed by atoms with Crippen molar-refractivity contribution in [3.05, 3.63) is 71.4 Å². The fourth-order valence-corrected chi connectivity index (χ4v) is 2.91. The van der Waals surface area contributed by atoms with Gasteiger partial charge in [0.05, 0.1) is 5.52 Å². The zero-order valence-corrected chi connectivity index (χ0v) is 12.5. The van der Waals surface area contributed by atoms with Crippen LogP contribution < -0.4 is 5.73 Å². The molecule has 0 aliphatic rings. The minimum atomic E-state index is 0.690. The van der Waals surface area contributed by atoms with Crippen molar-refractivity contribution < 1.29 is 0 Å². The molecule has 108 valence electrons. The van der Waals surface area contributed by atoms with Gasteiger partial charge in [0.2, 0.25) is 0 Å². The lowest BCUT2D eigenvalue weighted by molar-refractivity contribution is 0.827. The first-order chi connectivity index (χ1) is 10.3. The van der Waals surface area contributed by atoms with Crippen molar-refractivity contribution in [1.82, 2.24) is 4.57 Å². The molecule has 0 spiro atoms. The van der Waals surface area contributed by atoms with E-state index in [-0.39, 0.29) is 0 Å². The van der Waals surface area contributed by atoms with Crippen molar-refractivity contribution in [3.8, 4) is 0 Å². The summed E-state index contributed by atoms with van der Waals surface area (Å²) >= 11 is 0. The van der Waals surface area contributed by atoms with Crippen LogP contribution in [0.4, 0.5) is 0 Å². The minimum absolute atomic E-state index is 0.690. The first-order valence-electron chi connectivity index (χ1n) is 7.66. The first-order valence-corrected chi connectivity index (χ1v) is 7.66. The maximum absolute atomic E-state index is 5.75. The molecule has 0 fully saturated rings. The van der Waals surface area contributed by atoms with Crippen molar-refractivity contribution in [2.75, 3.05) is 6.54 Å². The molecule has 0 atom stereocenters. The highest BCUT2D eigenvalue weighted by atomic mass is 15.0. The topological polar surface area (TPSA) is 30.9 Å². The lowest BCUT2D eigenvalue weighted by atomic mass is 10.1. The van der Waals surface area contributed by atoms with Crippen LogP contribution in [0.3, 0.4) is 0 Å². The van der Waals surface area contributed by atoms with E-state index >= 15 is 0 Å². The number of hydrogen-bond donors (Lipinski definition) is 1. The Kier molecular flexibility index (Phi) is 4.07. The number of aromatic nitrogens is 1. The standard InChI is InChI=1S/C19H22N2/c1-2-15-6-8-16(9-7-15)14-21-13-11-18-5-3-4-17(10-12-20)19(18)21/h3-9,11,13H,2,10,12,14,20H2,1H3. The van der Waals surface area contributed by atoms with Gasteiger partial charge in [0.25, 0.3) is 0 Å². The van der Waals surface area contributed by atoms with E-state index in [1.165, 1.54) is 27.6 Å². The van der Waals surface area contributed by atoms with Crippen LogP contribution in [0.5, 0.6) is 0 Å². The number of hydrogen-bond acceptors (Lipinski definition) is 1.